The fourth-order valence-electron chi connectivity index (χ4n) is 3.64. The lowest BCUT2D eigenvalue weighted by molar-refractivity contribution is -0.122. The Hall–Kier alpha value is -2.60. The SMILES string of the molecule is O=C(CC1CCCN(c2nc3ccc(Cl)cc3o2)C1)NCCc1ccccn1. The Kier molecular flexibility index (Phi) is 5.76. The lowest BCUT2D eigenvalue weighted by atomic mass is 9.94. The van der Waals surface area contributed by atoms with Crippen LogP contribution in [0.25, 0.3) is 11.1 Å². The molecule has 1 amide bonds. The summed E-state index contributed by atoms with van der Waals surface area (Å²) in [6.45, 7) is 2.27. The normalized spacial score (nSPS) is 17.0. The van der Waals surface area contributed by atoms with Crippen molar-refractivity contribution in [3.05, 3.63) is 53.3 Å². The maximum atomic E-state index is 12.3. The van der Waals surface area contributed by atoms with E-state index in [0.717, 1.165) is 43.6 Å². The molecule has 146 valence electrons. The number of aromatic nitrogens is 2. The molecular weight excluding hydrogens is 376 g/mol. The van der Waals surface area contributed by atoms with Gasteiger partial charge >= 0.3 is 0 Å². The number of piperidine rings is 1. The molecule has 1 aliphatic rings. The van der Waals surface area contributed by atoms with E-state index in [1.54, 1.807) is 12.3 Å². The highest BCUT2D eigenvalue weighted by Gasteiger charge is 2.25. The van der Waals surface area contributed by atoms with Crippen LogP contribution in [-0.2, 0) is 11.2 Å². The second-order valence-electron chi connectivity index (χ2n) is 7.19. The molecule has 1 saturated heterocycles. The molecule has 4 rings (SSSR count). The number of nitrogens with one attached hydrogen (secondary N) is 1. The van der Waals surface area contributed by atoms with Crippen molar-refractivity contribution in [3.8, 4) is 0 Å². The third kappa shape index (κ3) is 4.62. The molecule has 0 aliphatic carbocycles. The van der Waals surface area contributed by atoms with Crippen molar-refractivity contribution in [3.63, 3.8) is 0 Å². The van der Waals surface area contributed by atoms with E-state index >= 15 is 0 Å². The largest absolute Gasteiger partial charge is 0.423 e. The third-order valence-electron chi connectivity index (χ3n) is 5.03. The number of pyridine rings is 1. The zero-order valence-electron chi connectivity index (χ0n) is 15.6. The number of rotatable bonds is 6. The van der Waals surface area contributed by atoms with Crippen LogP contribution in [0.5, 0.6) is 0 Å². The first-order valence-electron chi connectivity index (χ1n) is 9.65. The van der Waals surface area contributed by atoms with Crippen LogP contribution in [0.4, 0.5) is 6.01 Å². The van der Waals surface area contributed by atoms with Gasteiger partial charge in [0.15, 0.2) is 5.58 Å². The van der Waals surface area contributed by atoms with Crippen LogP contribution in [0.1, 0.15) is 25.0 Å². The van der Waals surface area contributed by atoms with E-state index in [9.17, 15) is 4.79 Å². The summed E-state index contributed by atoms with van der Waals surface area (Å²) in [6, 6.07) is 11.9. The summed E-state index contributed by atoms with van der Waals surface area (Å²) in [5, 5.41) is 3.64. The average Bonchev–Trinajstić information content (AvgIpc) is 3.12. The number of nitrogens with zero attached hydrogens (tertiary/aromatic N) is 3. The Morgan fingerprint density at radius 2 is 2.25 bits per heavy atom. The van der Waals surface area contributed by atoms with E-state index in [1.165, 1.54) is 0 Å². The Labute approximate surface area is 168 Å². The molecule has 28 heavy (non-hydrogen) atoms. The van der Waals surface area contributed by atoms with Crippen LogP contribution in [0.3, 0.4) is 0 Å². The minimum atomic E-state index is 0.0899. The van der Waals surface area contributed by atoms with Gasteiger partial charge in [0.1, 0.15) is 5.52 Å². The van der Waals surface area contributed by atoms with E-state index in [4.69, 9.17) is 16.0 Å². The number of oxazole rings is 1. The summed E-state index contributed by atoms with van der Waals surface area (Å²) in [5.41, 5.74) is 2.48. The molecule has 3 heterocycles. The molecule has 1 fully saturated rings. The fourth-order valence-corrected chi connectivity index (χ4v) is 3.80. The van der Waals surface area contributed by atoms with Crippen molar-refractivity contribution >= 4 is 34.6 Å². The predicted octanol–water partition coefficient (Wildman–Crippen LogP) is 3.84. The van der Waals surface area contributed by atoms with Gasteiger partial charge in [-0.25, -0.2) is 0 Å². The molecule has 0 bridgehead atoms. The minimum Gasteiger partial charge on any atom is -0.423 e. The Morgan fingerprint density at radius 1 is 1.32 bits per heavy atom. The van der Waals surface area contributed by atoms with Crippen molar-refractivity contribution in [1.29, 1.82) is 0 Å². The topological polar surface area (TPSA) is 71.3 Å². The van der Waals surface area contributed by atoms with Gasteiger partial charge in [-0.3, -0.25) is 9.78 Å². The summed E-state index contributed by atoms with van der Waals surface area (Å²) in [6.07, 6.45) is 5.09. The number of fused-ring (bicyclic) bond motifs is 1. The third-order valence-corrected chi connectivity index (χ3v) is 5.27. The van der Waals surface area contributed by atoms with Gasteiger partial charge in [-0.05, 0) is 43.0 Å². The van der Waals surface area contributed by atoms with Crippen LogP contribution in [0.2, 0.25) is 5.02 Å². The van der Waals surface area contributed by atoms with E-state index in [2.05, 4.69) is 20.2 Å². The van der Waals surface area contributed by atoms with Crippen molar-refractivity contribution in [1.82, 2.24) is 15.3 Å². The van der Waals surface area contributed by atoms with Gasteiger partial charge in [0.2, 0.25) is 5.91 Å². The highest BCUT2D eigenvalue weighted by Crippen LogP contribution is 2.28. The average molecular weight is 399 g/mol. The molecule has 1 aliphatic heterocycles. The minimum absolute atomic E-state index is 0.0899. The van der Waals surface area contributed by atoms with Crippen molar-refractivity contribution < 1.29 is 9.21 Å². The molecule has 3 aromatic rings. The van der Waals surface area contributed by atoms with Gasteiger partial charge in [-0.1, -0.05) is 17.7 Å². The smallest absolute Gasteiger partial charge is 0.298 e. The molecule has 1 unspecified atom stereocenters. The van der Waals surface area contributed by atoms with Crippen molar-refractivity contribution in [2.75, 3.05) is 24.5 Å². The maximum Gasteiger partial charge on any atom is 0.298 e. The molecule has 0 saturated carbocycles. The second-order valence-corrected chi connectivity index (χ2v) is 7.62. The molecule has 0 spiro atoms. The van der Waals surface area contributed by atoms with E-state index in [0.29, 0.717) is 35.5 Å². The van der Waals surface area contributed by atoms with Crippen LogP contribution in [-0.4, -0.2) is 35.5 Å². The summed E-state index contributed by atoms with van der Waals surface area (Å²) >= 11 is 6.03. The molecule has 1 atom stereocenters. The Morgan fingerprint density at radius 3 is 3.11 bits per heavy atom. The lowest BCUT2D eigenvalue weighted by Crippen LogP contribution is -2.38. The van der Waals surface area contributed by atoms with Gasteiger partial charge in [0, 0.05) is 55.5 Å². The maximum absolute atomic E-state index is 12.3. The van der Waals surface area contributed by atoms with Crippen LogP contribution in [0.15, 0.2) is 47.0 Å². The standard InChI is InChI=1S/C21H23ClN4O2/c22-16-6-7-18-19(13-16)28-21(25-18)26-11-3-4-15(14-26)12-20(27)24-10-8-17-5-1-2-9-23-17/h1-2,5-7,9,13,15H,3-4,8,10-12,14H2,(H,24,27). The number of carbonyl (C=O) groups excluding carboxylic acids is 1. The fraction of sp³-hybridized carbons (Fsp3) is 0.381. The van der Waals surface area contributed by atoms with Crippen molar-refractivity contribution in [2.45, 2.75) is 25.7 Å². The number of amides is 1. The second kappa shape index (κ2) is 8.61. The first-order chi connectivity index (χ1) is 13.7. The monoisotopic (exact) mass is 398 g/mol. The van der Waals surface area contributed by atoms with Crippen LogP contribution in [0, 0.1) is 5.92 Å². The lowest BCUT2D eigenvalue weighted by Gasteiger charge is -2.31. The molecule has 2 aromatic heterocycles. The number of hydrogen-bond donors (Lipinski definition) is 1. The van der Waals surface area contributed by atoms with E-state index in [-0.39, 0.29) is 5.91 Å². The van der Waals surface area contributed by atoms with Gasteiger partial charge in [-0.2, -0.15) is 4.98 Å². The highest BCUT2D eigenvalue weighted by atomic mass is 35.5. The number of carbonyl (C=O) groups is 1. The summed E-state index contributed by atoms with van der Waals surface area (Å²) in [7, 11) is 0. The van der Waals surface area contributed by atoms with E-state index in [1.807, 2.05) is 30.3 Å². The Balaban J connectivity index is 1.30. The number of halogens is 1. The van der Waals surface area contributed by atoms with E-state index < -0.39 is 0 Å². The number of anilines is 1. The molecular formula is C21H23ClN4O2. The van der Waals surface area contributed by atoms with Gasteiger partial charge in [0.05, 0.1) is 0 Å². The zero-order chi connectivity index (χ0) is 19.3. The summed E-state index contributed by atoms with van der Waals surface area (Å²) in [4.78, 5) is 23.3. The van der Waals surface area contributed by atoms with Crippen molar-refractivity contribution in [2.24, 2.45) is 5.92 Å². The molecule has 6 nitrogen and oxygen atoms in total. The quantitative estimate of drug-likeness (QED) is 0.683. The molecule has 1 aromatic carbocycles. The van der Waals surface area contributed by atoms with Crippen LogP contribution < -0.4 is 10.2 Å². The first-order valence-corrected chi connectivity index (χ1v) is 10.0. The van der Waals surface area contributed by atoms with Gasteiger partial charge in [-0.15, -0.1) is 0 Å². The Bertz CT molecular complexity index is 944. The van der Waals surface area contributed by atoms with Gasteiger partial charge in [0.25, 0.3) is 6.01 Å². The predicted molar refractivity (Wildman–Crippen MR) is 110 cm³/mol. The number of hydrogen-bond acceptors (Lipinski definition) is 5. The highest BCUT2D eigenvalue weighted by molar-refractivity contribution is 6.31. The molecule has 1 N–H and O–H groups in total. The van der Waals surface area contributed by atoms with Crippen LogP contribution >= 0.6 is 11.6 Å². The summed E-state index contributed by atoms with van der Waals surface area (Å²) in [5.74, 6) is 0.384. The first kappa shape index (κ1) is 18.7. The molecule has 0 radical (unpaired) electrons. The van der Waals surface area contributed by atoms with Gasteiger partial charge < -0.3 is 14.6 Å². The number of benzene rings is 1. The zero-order valence-corrected chi connectivity index (χ0v) is 16.4. The molecule has 7 heteroatoms. The summed E-state index contributed by atoms with van der Waals surface area (Å²) < 4.78 is 5.88.